The van der Waals surface area contributed by atoms with Gasteiger partial charge in [-0.3, -0.25) is 18.9 Å². The second-order valence-corrected chi connectivity index (χ2v) is 9.73. The average molecular weight is 535 g/mol. The van der Waals surface area contributed by atoms with E-state index in [0.29, 0.717) is 0 Å². The van der Waals surface area contributed by atoms with Crippen LogP contribution in [0.25, 0.3) is 32.4 Å². The second kappa shape index (κ2) is 11.3. The maximum Gasteiger partial charge on any atom is 0.269 e. The zero-order chi connectivity index (χ0) is 26.5. The van der Waals surface area contributed by atoms with Crippen LogP contribution in [0.3, 0.4) is 0 Å². The van der Waals surface area contributed by atoms with E-state index in [9.17, 15) is 10.1 Å². The predicted molar refractivity (Wildman–Crippen MR) is 150 cm³/mol. The summed E-state index contributed by atoms with van der Waals surface area (Å²) in [6.45, 7) is 6.03. The van der Waals surface area contributed by atoms with Gasteiger partial charge >= 0.3 is 0 Å². The molecule has 4 aromatic heterocycles. The van der Waals surface area contributed by atoms with E-state index in [1.165, 1.54) is 17.8 Å². The van der Waals surface area contributed by atoms with Crippen molar-refractivity contribution in [2.45, 2.75) is 20.8 Å². The fourth-order valence-corrected chi connectivity index (χ4v) is 5.18. The number of aryl methyl sites for hydroxylation is 2. The number of hydrogen-bond donors (Lipinski definition) is 2. The van der Waals surface area contributed by atoms with Gasteiger partial charge in [0.25, 0.3) is 5.69 Å². The van der Waals surface area contributed by atoms with Gasteiger partial charge in [-0.25, -0.2) is 9.97 Å². The number of aliphatic hydroxyl groups excluding tert-OH is 1. The van der Waals surface area contributed by atoms with Gasteiger partial charge in [0.15, 0.2) is 9.92 Å². The van der Waals surface area contributed by atoms with E-state index in [-0.39, 0.29) is 12.3 Å². The Bertz CT molecular complexity index is 1630. The number of benzene rings is 2. The lowest BCUT2D eigenvalue weighted by Gasteiger charge is -1.96. The SMILES string of the molecule is CCO.Cc1csc2nc(-c3ccc(N)cc3)cn12.Cc1csc2nc(-c3ccc([N+](=O)[O-])cc3)cn12. The van der Waals surface area contributed by atoms with Crippen LogP contribution in [0.4, 0.5) is 11.4 Å². The van der Waals surface area contributed by atoms with Gasteiger partial charge in [0.05, 0.1) is 16.3 Å². The van der Waals surface area contributed by atoms with Crippen molar-refractivity contribution in [3.63, 3.8) is 0 Å². The van der Waals surface area contributed by atoms with Crippen molar-refractivity contribution < 1.29 is 10.0 Å². The molecule has 3 N–H and O–H groups in total. The Morgan fingerprint density at radius 1 is 0.865 bits per heavy atom. The molecule has 0 unspecified atom stereocenters. The lowest BCUT2D eigenvalue weighted by molar-refractivity contribution is -0.384. The first kappa shape index (κ1) is 26.0. The molecule has 0 atom stereocenters. The molecule has 6 aromatic rings. The van der Waals surface area contributed by atoms with E-state index in [1.54, 1.807) is 41.7 Å². The van der Waals surface area contributed by atoms with E-state index >= 15 is 0 Å². The second-order valence-electron chi connectivity index (χ2n) is 8.05. The molecule has 0 saturated heterocycles. The summed E-state index contributed by atoms with van der Waals surface area (Å²) in [6, 6.07) is 14.2. The summed E-state index contributed by atoms with van der Waals surface area (Å²) in [5, 5.41) is 22.3. The highest BCUT2D eigenvalue weighted by Gasteiger charge is 2.10. The maximum atomic E-state index is 10.6. The first-order valence-corrected chi connectivity index (χ1v) is 13.1. The molecule has 9 nitrogen and oxygen atoms in total. The third kappa shape index (κ3) is 5.85. The number of aromatic nitrogens is 4. The summed E-state index contributed by atoms with van der Waals surface area (Å²) in [4.78, 5) is 21.2. The van der Waals surface area contributed by atoms with E-state index in [0.717, 1.165) is 43.8 Å². The quantitative estimate of drug-likeness (QED) is 0.158. The molecule has 37 heavy (non-hydrogen) atoms. The van der Waals surface area contributed by atoms with E-state index in [1.807, 2.05) is 47.2 Å². The molecule has 0 aliphatic heterocycles. The van der Waals surface area contributed by atoms with Crippen LogP contribution in [0.5, 0.6) is 0 Å². The van der Waals surface area contributed by atoms with Crippen molar-refractivity contribution in [2.24, 2.45) is 0 Å². The van der Waals surface area contributed by atoms with Crippen LogP contribution < -0.4 is 5.73 Å². The Balaban J connectivity index is 0.000000157. The lowest BCUT2D eigenvalue weighted by Crippen LogP contribution is -1.87. The number of nitro benzene ring substituents is 1. The van der Waals surface area contributed by atoms with Crippen molar-refractivity contribution >= 4 is 44.0 Å². The highest BCUT2D eigenvalue weighted by Crippen LogP contribution is 2.25. The highest BCUT2D eigenvalue weighted by molar-refractivity contribution is 7.15. The van der Waals surface area contributed by atoms with E-state index in [2.05, 4.69) is 32.9 Å². The van der Waals surface area contributed by atoms with Crippen LogP contribution in [-0.2, 0) is 0 Å². The Hall–Kier alpha value is -4.06. The normalized spacial score (nSPS) is 10.6. The molecule has 0 spiro atoms. The topological polar surface area (TPSA) is 124 Å². The minimum atomic E-state index is -0.403. The Labute approximate surface area is 221 Å². The molecule has 0 amide bonds. The molecular weight excluding hydrogens is 508 g/mol. The summed E-state index contributed by atoms with van der Waals surface area (Å²) in [5.41, 5.74) is 12.7. The van der Waals surface area contributed by atoms with Crippen LogP contribution >= 0.6 is 22.7 Å². The number of rotatable bonds is 3. The highest BCUT2D eigenvalue weighted by atomic mass is 32.1. The van der Waals surface area contributed by atoms with Gasteiger partial charge in [-0.15, -0.1) is 22.7 Å². The molecule has 0 aliphatic rings. The summed E-state index contributed by atoms with van der Waals surface area (Å²) < 4.78 is 4.12. The standard InChI is InChI=1S/C12H9N3O2S.C12H11N3S.C2H6O/c1-8-7-18-12-13-11(6-14(8)12)9-2-4-10(5-3-9)15(16)17;1-8-7-16-12-14-11(6-15(8)12)9-2-4-10(13)5-3-9;1-2-3/h2-7H,1H3;2-7H,13H2,1H3;3H,2H2,1H3. The van der Waals surface area contributed by atoms with Gasteiger partial charge < -0.3 is 10.8 Å². The number of anilines is 1. The third-order valence-electron chi connectivity index (χ3n) is 5.36. The number of fused-ring (bicyclic) bond motifs is 2. The van der Waals surface area contributed by atoms with Gasteiger partial charge in [-0.2, -0.15) is 0 Å². The molecule has 0 radical (unpaired) electrons. The van der Waals surface area contributed by atoms with Crippen molar-refractivity contribution in [3.05, 3.63) is 93.2 Å². The van der Waals surface area contributed by atoms with Gasteiger partial charge in [0.1, 0.15) is 0 Å². The van der Waals surface area contributed by atoms with Crippen LogP contribution in [0, 0.1) is 24.0 Å². The average Bonchev–Trinajstić information content (AvgIpc) is 3.65. The fourth-order valence-electron chi connectivity index (χ4n) is 3.47. The van der Waals surface area contributed by atoms with Crippen LogP contribution in [-0.4, -0.2) is 35.4 Å². The van der Waals surface area contributed by atoms with E-state index in [4.69, 9.17) is 10.8 Å². The maximum absolute atomic E-state index is 10.6. The molecule has 190 valence electrons. The molecule has 4 heterocycles. The molecule has 0 saturated carbocycles. The summed E-state index contributed by atoms with van der Waals surface area (Å²) in [6.07, 6.45) is 4.01. The zero-order valence-electron chi connectivity index (χ0n) is 20.5. The van der Waals surface area contributed by atoms with Gasteiger partial charge in [-0.05, 0) is 45.0 Å². The summed E-state index contributed by atoms with van der Waals surface area (Å²) >= 11 is 3.24. The van der Waals surface area contributed by atoms with Crippen LogP contribution in [0.2, 0.25) is 0 Å². The number of imidazole rings is 2. The number of thiazole rings is 2. The molecule has 0 bridgehead atoms. The molecule has 0 aliphatic carbocycles. The number of aliphatic hydroxyl groups is 1. The minimum absolute atomic E-state index is 0.0935. The Morgan fingerprint density at radius 2 is 1.27 bits per heavy atom. The number of nitrogens with zero attached hydrogens (tertiary/aromatic N) is 5. The fraction of sp³-hybridized carbons (Fsp3) is 0.154. The molecule has 11 heteroatoms. The molecule has 6 rings (SSSR count). The number of non-ortho nitro benzene ring substituents is 1. The van der Waals surface area contributed by atoms with E-state index < -0.39 is 4.92 Å². The number of hydrogen-bond acceptors (Lipinski definition) is 8. The van der Waals surface area contributed by atoms with Crippen molar-refractivity contribution in [2.75, 3.05) is 12.3 Å². The van der Waals surface area contributed by atoms with Crippen molar-refractivity contribution in [1.29, 1.82) is 0 Å². The van der Waals surface area contributed by atoms with Gasteiger partial charge in [-0.1, -0.05) is 12.1 Å². The monoisotopic (exact) mass is 534 g/mol. The summed E-state index contributed by atoms with van der Waals surface area (Å²) in [5.74, 6) is 0. The van der Waals surface area contributed by atoms with Crippen LogP contribution in [0.15, 0.2) is 71.7 Å². The largest absolute Gasteiger partial charge is 0.399 e. The Kier molecular flexibility index (Phi) is 7.97. The lowest BCUT2D eigenvalue weighted by atomic mass is 10.1. The zero-order valence-corrected chi connectivity index (χ0v) is 22.2. The van der Waals surface area contributed by atoms with Crippen molar-refractivity contribution in [1.82, 2.24) is 18.8 Å². The first-order valence-electron chi connectivity index (χ1n) is 11.4. The van der Waals surface area contributed by atoms with Gasteiger partial charge in [0.2, 0.25) is 0 Å². The first-order chi connectivity index (χ1) is 17.8. The third-order valence-corrected chi connectivity index (χ3v) is 7.27. The smallest absolute Gasteiger partial charge is 0.269 e. The molecular formula is C26H26N6O3S2. The van der Waals surface area contributed by atoms with Crippen molar-refractivity contribution in [3.8, 4) is 22.5 Å². The molecule has 0 fully saturated rings. The number of nitro groups is 1. The van der Waals surface area contributed by atoms with Gasteiger partial charge in [0, 0.05) is 70.1 Å². The predicted octanol–water partition coefficient (Wildman–Crippen LogP) is 6.23. The minimum Gasteiger partial charge on any atom is -0.399 e. The Morgan fingerprint density at radius 3 is 1.65 bits per heavy atom. The number of nitrogen functional groups attached to an aromatic ring is 1. The number of nitrogens with two attached hydrogens (primary N) is 1. The van der Waals surface area contributed by atoms with Crippen LogP contribution in [0.1, 0.15) is 18.3 Å². The summed E-state index contributed by atoms with van der Waals surface area (Å²) in [7, 11) is 0. The molecule has 2 aromatic carbocycles.